The van der Waals surface area contributed by atoms with E-state index in [1.807, 2.05) is 7.05 Å². The first-order chi connectivity index (χ1) is 7.35. The van der Waals surface area contributed by atoms with Crippen molar-refractivity contribution in [2.24, 2.45) is 5.73 Å². The smallest absolute Gasteiger partial charge is 0.0340 e. The molecule has 1 atom stereocenters. The van der Waals surface area contributed by atoms with Gasteiger partial charge in [-0.1, -0.05) is 6.07 Å². The van der Waals surface area contributed by atoms with E-state index in [0.29, 0.717) is 5.92 Å². The predicted octanol–water partition coefficient (Wildman–Crippen LogP) is 2.50. The lowest BCUT2D eigenvalue weighted by molar-refractivity contribution is 0.526. The molecule has 82 valence electrons. The highest BCUT2D eigenvalue weighted by Gasteiger charge is 2.19. The molecule has 2 rings (SSSR count). The molecular formula is C13H20N2. The second kappa shape index (κ2) is 4.67. The van der Waals surface area contributed by atoms with E-state index in [4.69, 9.17) is 5.73 Å². The molecule has 0 bridgehead atoms. The van der Waals surface area contributed by atoms with Crippen LogP contribution in [0.15, 0.2) is 18.2 Å². The SMILES string of the molecule is CNc1ccc2c(c1)CCCC2CCN. The highest BCUT2D eigenvalue weighted by atomic mass is 14.8. The Bertz CT molecular complexity index is 333. The van der Waals surface area contributed by atoms with E-state index >= 15 is 0 Å². The number of nitrogens with two attached hydrogens (primary N) is 1. The van der Waals surface area contributed by atoms with Crippen LogP contribution in [-0.4, -0.2) is 13.6 Å². The van der Waals surface area contributed by atoms with Crippen LogP contribution < -0.4 is 11.1 Å². The molecule has 2 nitrogen and oxygen atoms in total. The average Bonchev–Trinajstić information content (AvgIpc) is 2.29. The number of hydrogen-bond acceptors (Lipinski definition) is 2. The summed E-state index contributed by atoms with van der Waals surface area (Å²) in [5, 5.41) is 3.20. The van der Waals surface area contributed by atoms with Gasteiger partial charge in [0.25, 0.3) is 0 Å². The highest BCUT2D eigenvalue weighted by molar-refractivity contribution is 5.49. The molecule has 2 heteroatoms. The number of benzene rings is 1. The van der Waals surface area contributed by atoms with Gasteiger partial charge in [-0.05, 0) is 61.4 Å². The summed E-state index contributed by atoms with van der Waals surface area (Å²) in [5.41, 5.74) is 9.94. The van der Waals surface area contributed by atoms with Crippen molar-refractivity contribution in [3.63, 3.8) is 0 Å². The second-order valence-electron chi connectivity index (χ2n) is 4.33. The van der Waals surface area contributed by atoms with E-state index in [-0.39, 0.29) is 0 Å². The maximum absolute atomic E-state index is 5.66. The first-order valence-corrected chi connectivity index (χ1v) is 5.86. The minimum Gasteiger partial charge on any atom is -0.388 e. The molecule has 3 N–H and O–H groups in total. The number of hydrogen-bond donors (Lipinski definition) is 2. The Morgan fingerprint density at radius 2 is 2.33 bits per heavy atom. The predicted molar refractivity (Wildman–Crippen MR) is 65.3 cm³/mol. The fraction of sp³-hybridized carbons (Fsp3) is 0.538. The molecule has 0 aromatic heterocycles. The Morgan fingerprint density at radius 3 is 3.07 bits per heavy atom. The molecule has 1 aromatic carbocycles. The average molecular weight is 204 g/mol. The molecule has 0 radical (unpaired) electrons. The van der Waals surface area contributed by atoms with Gasteiger partial charge in [-0.25, -0.2) is 0 Å². The van der Waals surface area contributed by atoms with Gasteiger partial charge in [0.15, 0.2) is 0 Å². The van der Waals surface area contributed by atoms with Crippen molar-refractivity contribution >= 4 is 5.69 Å². The van der Waals surface area contributed by atoms with E-state index in [1.54, 1.807) is 0 Å². The molecule has 0 saturated carbocycles. The highest BCUT2D eigenvalue weighted by Crippen LogP contribution is 2.34. The monoisotopic (exact) mass is 204 g/mol. The van der Waals surface area contributed by atoms with Crippen molar-refractivity contribution in [1.29, 1.82) is 0 Å². The number of anilines is 1. The lowest BCUT2D eigenvalue weighted by Gasteiger charge is -2.25. The maximum Gasteiger partial charge on any atom is 0.0340 e. The van der Waals surface area contributed by atoms with Gasteiger partial charge in [-0.15, -0.1) is 0 Å². The van der Waals surface area contributed by atoms with Crippen LogP contribution in [0.4, 0.5) is 5.69 Å². The Hall–Kier alpha value is -1.02. The van der Waals surface area contributed by atoms with Gasteiger partial charge in [-0.2, -0.15) is 0 Å². The topological polar surface area (TPSA) is 38.0 Å². The zero-order valence-corrected chi connectivity index (χ0v) is 9.42. The Labute approximate surface area is 91.9 Å². The largest absolute Gasteiger partial charge is 0.388 e. The molecule has 0 saturated heterocycles. The molecule has 0 amide bonds. The van der Waals surface area contributed by atoms with Gasteiger partial charge in [0, 0.05) is 12.7 Å². The quantitative estimate of drug-likeness (QED) is 0.794. The van der Waals surface area contributed by atoms with Crippen LogP contribution in [0.5, 0.6) is 0 Å². The first-order valence-electron chi connectivity index (χ1n) is 5.86. The van der Waals surface area contributed by atoms with Crippen LogP contribution in [0, 0.1) is 0 Å². The fourth-order valence-corrected chi connectivity index (χ4v) is 2.57. The Morgan fingerprint density at radius 1 is 1.47 bits per heavy atom. The summed E-state index contributed by atoms with van der Waals surface area (Å²) in [6.45, 7) is 0.803. The third-order valence-electron chi connectivity index (χ3n) is 3.39. The van der Waals surface area contributed by atoms with Gasteiger partial charge >= 0.3 is 0 Å². The molecule has 0 aliphatic heterocycles. The van der Waals surface area contributed by atoms with E-state index in [1.165, 1.54) is 36.1 Å². The van der Waals surface area contributed by atoms with E-state index in [2.05, 4.69) is 23.5 Å². The van der Waals surface area contributed by atoms with Crippen molar-refractivity contribution in [2.45, 2.75) is 31.6 Å². The first kappa shape index (κ1) is 10.5. The van der Waals surface area contributed by atoms with Gasteiger partial charge in [0.05, 0.1) is 0 Å². The van der Waals surface area contributed by atoms with E-state index in [0.717, 1.165) is 13.0 Å². The summed E-state index contributed by atoms with van der Waals surface area (Å²) >= 11 is 0. The summed E-state index contributed by atoms with van der Waals surface area (Å²) < 4.78 is 0. The maximum atomic E-state index is 5.66. The summed E-state index contributed by atoms with van der Waals surface area (Å²) in [5.74, 6) is 0.699. The summed E-state index contributed by atoms with van der Waals surface area (Å²) in [7, 11) is 1.97. The van der Waals surface area contributed by atoms with Crippen LogP contribution in [0.25, 0.3) is 0 Å². The van der Waals surface area contributed by atoms with Crippen molar-refractivity contribution in [3.05, 3.63) is 29.3 Å². The van der Waals surface area contributed by atoms with Crippen molar-refractivity contribution in [3.8, 4) is 0 Å². The zero-order chi connectivity index (χ0) is 10.7. The molecule has 0 spiro atoms. The van der Waals surface area contributed by atoms with E-state index in [9.17, 15) is 0 Å². The summed E-state index contributed by atoms with van der Waals surface area (Å²) in [6.07, 6.45) is 4.98. The van der Waals surface area contributed by atoms with Gasteiger partial charge in [0.2, 0.25) is 0 Å². The lowest BCUT2D eigenvalue weighted by atomic mass is 9.81. The van der Waals surface area contributed by atoms with Crippen molar-refractivity contribution in [2.75, 3.05) is 18.9 Å². The Balaban J connectivity index is 2.28. The number of nitrogens with one attached hydrogen (secondary N) is 1. The zero-order valence-electron chi connectivity index (χ0n) is 9.42. The molecular weight excluding hydrogens is 184 g/mol. The molecule has 15 heavy (non-hydrogen) atoms. The third kappa shape index (κ3) is 2.15. The minimum absolute atomic E-state index is 0.699. The van der Waals surface area contributed by atoms with Crippen molar-refractivity contribution < 1.29 is 0 Å². The van der Waals surface area contributed by atoms with Crippen LogP contribution in [0.1, 0.15) is 36.3 Å². The molecule has 1 unspecified atom stereocenters. The molecule has 0 heterocycles. The Kier molecular flexibility index (Phi) is 3.27. The molecule has 1 aliphatic carbocycles. The third-order valence-corrected chi connectivity index (χ3v) is 3.39. The minimum atomic E-state index is 0.699. The number of rotatable bonds is 3. The van der Waals surface area contributed by atoms with Crippen molar-refractivity contribution in [1.82, 2.24) is 0 Å². The van der Waals surface area contributed by atoms with Crippen LogP contribution in [0.2, 0.25) is 0 Å². The molecule has 1 aliphatic rings. The number of fused-ring (bicyclic) bond motifs is 1. The summed E-state index contributed by atoms with van der Waals surface area (Å²) in [6, 6.07) is 6.74. The lowest BCUT2D eigenvalue weighted by Crippen LogP contribution is -2.14. The van der Waals surface area contributed by atoms with Gasteiger partial charge < -0.3 is 11.1 Å². The van der Waals surface area contributed by atoms with Gasteiger partial charge in [0.1, 0.15) is 0 Å². The molecule has 0 fully saturated rings. The van der Waals surface area contributed by atoms with Crippen LogP contribution >= 0.6 is 0 Å². The van der Waals surface area contributed by atoms with Crippen LogP contribution in [-0.2, 0) is 6.42 Å². The number of aryl methyl sites for hydroxylation is 1. The summed E-state index contributed by atoms with van der Waals surface area (Å²) in [4.78, 5) is 0. The van der Waals surface area contributed by atoms with Gasteiger partial charge in [-0.3, -0.25) is 0 Å². The normalized spacial score (nSPS) is 19.7. The fourth-order valence-electron chi connectivity index (χ4n) is 2.57. The second-order valence-corrected chi connectivity index (χ2v) is 4.33. The van der Waals surface area contributed by atoms with Crippen LogP contribution in [0.3, 0.4) is 0 Å². The standard InChI is InChI=1S/C13H20N2/c1-15-12-5-6-13-10(7-8-14)3-2-4-11(13)9-12/h5-6,9-10,15H,2-4,7-8,14H2,1H3. The van der Waals surface area contributed by atoms with E-state index < -0.39 is 0 Å². The molecule has 1 aromatic rings.